The van der Waals surface area contributed by atoms with Crippen molar-refractivity contribution >= 4 is 0 Å². The Labute approximate surface area is 274 Å². The lowest BCUT2D eigenvalue weighted by molar-refractivity contribution is 0.104. The highest BCUT2D eigenvalue weighted by Crippen LogP contribution is 2.20. The smallest absolute Gasteiger partial charge is 0.119 e. The van der Waals surface area contributed by atoms with Gasteiger partial charge in [-0.05, 0) is 110 Å². The van der Waals surface area contributed by atoms with Crippen LogP contribution in [0.4, 0.5) is 0 Å². The molecule has 7 nitrogen and oxygen atoms in total. The number of rotatable bonds is 17. The van der Waals surface area contributed by atoms with Gasteiger partial charge in [-0.3, -0.25) is 0 Å². The quantitative estimate of drug-likeness (QED) is 0.115. The molecule has 0 aliphatic heterocycles. The minimum atomic E-state index is -0.469. The lowest BCUT2D eigenvalue weighted by Gasteiger charge is -2.11. The highest BCUT2D eigenvalue weighted by atomic mass is 16.5. The predicted octanol–water partition coefficient (Wildman–Crippen LogP) is 7.01. The van der Waals surface area contributed by atoms with Gasteiger partial charge in [-0.1, -0.05) is 62.4 Å². The molecule has 0 spiro atoms. The van der Waals surface area contributed by atoms with Crippen molar-refractivity contribution in [1.29, 1.82) is 0 Å². The van der Waals surface area contributed by atoms with E-state index >= 15 is 0 Å². The minimum Gasteiger partial charge on any atom is -0.494 e. The van der Waals surface area contributed by atoms with Gasteiger partial charge in [-0.25, -0.2) is 0 Å². The first-order valence-corrected chi connectivity index (χ1v) is 16.2. The fourth-order valence-electron chi connectivity index (χ4n) is 4.29. The molecule has 0 aromatic heterocycles. The first kappa shape index (κ1) is 36.4. The molecule has 4 aromatic carbocycles. The summed E-state index contributed by atoms with van der Waals surface area (Å²) in [7, 11) is 0. The monoisotopic (exact) mass is 630 g/mol. The third-order valence-corrected chi connectivity index (χ3v) is 7.14. The van der Waals surface area contributed by atoms with Gasteiger partial charge in [-0.2, -0.15) is 0 Å². The van der Waals surface area contributed by atoms with Crippen molar-refractivity contribution in [2.45, 2.75) is 71.7 Å². The minimum absolute atomic E-state index is 0.299. The van der Waals surface area contributed by atoms with Gasteiger partial charge in [-0.15, -0.1) is 0 Å². The van der Waals surface area contributed by atoms with E-state index in [-0.39, 0.29) is 0 Å². The van der Waals surface area contributed by atoms with Crippen molar-refractivity contribution in [2.75, 3.05) is 26.4 Å². The van der Waals surface area contributed by atoms with Crippen molar-refractivity contribution in [3.05, 3.63) is 119 Å². The molecule has 4 aromatic rings. The molecule has 0 aliphatic carbocycles. The molecule has 7 heteroatoms. The normalized spacial score (nSPS) is 12.7. The molecule has 3 atom stereocenters. The van der Waals surface area contributed by atoms with E-state index in [0.29, 0.717) is 39.3 Å². The van der Waals surface area contributed by atoms with Crippen LogP contribution in [-0.4, -0.2) is 60.1 Å². The van der Waals surface area contributed by atoms with Crippen molar-refractivity contribution < 1.29 is 34.3 Å². The molecule has 0 saturated carbocycles. The van der Waals surface area contributed by atoms with E-state index in [1.807, 2.05) is 93.6 Å². The molecule has 248 valence electrons. The molecule has 3 N–H and O–H groups in total. The van der Waals surface area contributed by atoms with E-state index in [1.54, 1.807) is 6.92 Å². The van der Waals surface area contributed by atoms with Gasteiger partial charge in [0.1, 0.15) is 42.8 Å². The van der Waals surface area contributed by atoms with Crippen LogP contribution in [0.1, 0.15) is 62.8 Å². The van der Waals surface area contributed by atoms with Gasteiger partial charge in [0.05, 0.1) is 24.9 Å². The third kappa shape index (κ3) is 13.9. The Morgan fingerprint density at radius 2 is 0.717 bits per heavy atom. The summed E-state index contributed by atoms with van der Waals surface area (Å²) >= 11 is 0. The summed E-state index contributed by atoms with van der Waals surface area (Å²) in [6.07, 6.45) is 1.82. The maximum absolute atomic E-state index is 9.51. The highest BCUT2D eigenvalue weighted by Gasteiger charge is 2.05. The Bertz CT molecular complexity index is 1350. The van der Waals surface area contributed by atoms with Crippen LogP contribution in [0.3, 0.4) is 0 Å². The Kier molecular flexibility index (Phi) is 16.0. The summed E-state index contributed by atoms with van der Waals surface area (Å²) in [5.41, 5.74) is 4.86. The van der Waals surface area contributed by atoms with E-state index in [1.165, 1.54) is 22.3 Å². The zero-order valence-corrected chi connectivity index (χ0v) is 27.6. The molecular formula is C39H50O7. The van der Waals surface area contributed by atoms with Gasteiger partial charge >= 0.3 is 0 Å². The average molecular weight is 631 g/mol. The lowest BCUT2D eigenvalue weighted by atomic mass is 10.0. The Morgan fingerprint density at radius 1 is 0.435 bits per heavy atom. The molecule has 0 fully saturated rings. The maximum atomic E-state index is 9.51. The van der Waals surface area contributed by atoms with Crippen LogP contribution in [0.15, 0.2) is 97.1 Å². The first-order chi connectivity index (χ1) is 22.3. The van der Waals surface area contributed by atoms with E-state index in [0.717, 1.165) is 35.8 Å². The number of ether oxygens (including phenoxy) is 4. The molecule has 46 heavy (non-hydrogen) atoms. The molecule has 0 bridgehead atoms. The first-order valence-electron chi connectivity index (χ1n) is 16.2. The van der Waals surface area contributed by atoms with Crippen LogP contribution in [0.5, 0.6) is 23.0 Å². The summed E-state index contributed by atoms with van der Waals surface area (Å²) in [6, 6.07) is 32.0. The second-order valence-electron chi connectivity index (χ2n) is 11.3. The van der Waals surface area contributed by atoms with Crippen molar-refractivity contribution in [1.82, 2.24) is 0 Å². The number of aliphatic hydroxyl groups is 3. The van der Waals surface area contributed by atoms with Gasteiger partial charge < -0.3 is 34.3 Å². The lowest BCUT2D eigenvalue weighted by Crippen LogP contribution is -2.15. The molecule has 0 aliphatic rings. The van der Waals surface area contributed by atoms with Gasteiger partial charge in [0.25, 0.3) is 0 Å². The summed E-state index contributed by atoms with van der Waals surface area (Å²) in [4.78, 5) is 0. The zero-order chi connectivity index (χ0) is 33.1. The summed E-state index contributed by atoms with van der Waals surface area (Å²) in [5.74, 6) is 3.23. The molecule has 0 radical (unpaired) electrons. The van der Waals surface area contributed by atoms with Gasteiger partial charge in [0.15, 0.2) is 0 Å². The summed E-state index contributed by atoms with van der Waals surface area (Å²) in [5, 5.41) is 28.2. The number of hydrogen-bond donors (Lipinski definition) is 3. The van der Waals surface area contributed by atoms with Crippen LogP contribution in [-0.2, 0) is 12.8 Å². The van der Waals surface area contributed by atoms with Gasteiger partial charge in [0, 0.05) is 0 Å². The summed E-state index contributed by atoms with van der Waals surface area (Å²) in [6.45, 7) is 9.20. The Balaban J connectivity index is 0.000000251. The van der Waals surface area contributed by atoms with Crippen molar-refractivity contribution in [2.24, 2.45) is 0 Å². The molecular weight excluding hydrogens is 580 g/mol. The predicted molar refractivity (Wildman–Crippen MR) is 183 cm³/mol. The van der Waals surface area contributed by atoms with E-state index in [4.69, 9.17) is 18.9 Å². The highest BCUT2D eigenvalue weighted by molar-refractivity contribution is 5.35. The Hall–Kier alpha value is -4.04. The topological polar surface area (TPSA) is 97.6 Å². The van der Waals surface area contributed by atoms with E-state index in [2.05, 4.69) is 24.3 Å². The molecule has 4 rings (SSSR count). The standard InChI is InChI=1S/C20H26O4.C19H24O3/c1-3-18(22)14-24-20-10-6-17(7-11-20)12-16-4-8-19(9-5-16)23-13-15(2)21;1-3-17(20)14-22-19-11-7-16(8-12-19)13-15-5-9-18(10-6-15)21-4-2/h4-11,15,18,21-22H,3,12-14H2,1-2H3;5-12,17,20H,3-4,13-14H2,1-2H3. The molecule has 0 heterocycles. The SMILES string of the molecule is CCC(O)COc1ccc(Cc2ccc(OCC(C)O)cc2)cc1.CCOc1ccc(Cc2ccc(OCC(O)CC)cc2)cc1. The van der Waals surface area contributed by atoms with E-state index in [9.17, 15) is 15.3 Å². The molecule has 0 saturated heterocycles. The fraction of sp³-hybridized carbons (Fsp3) is 0.385. The second-order valence-corrected chi connectivity index (χ2v) is 11.3. The van der Waals surface area contributed by atoms with Crippen LogP contribution >= 0.6 is 0 Å². The van der Waals surface area contributed by atoms with E-state index < -0.39 is 18.3 Å². The zero-order valence-electron chi connectivity index (χ0n) is 27.6. The number of hydrogen-bond acceptors (Lipinski definition) is 7. The van der Waals surface area contributed by atoms with Crippen LogP contribution in [0.25, 0.3) is 0 Å². The number of aliphatic hydroxyl groups excluding tert-OH is 3. The Morgan fingerprint density at radius 3 is 0.978 bits per heavy atom. The molecule has 3 unspecified atom stereocenters. The largest absolute Gasteiger partial charge is 0.494 e. The average Bonchev–Trinajstić information content (AvgIpc) is 3.08. The second kappa shape index (κ2) is 20.2. The number of benzene rings is 4. The maximum Gasteiger partial charge on any atom is 0.119 e. The third-order valence-electron chi connectivity index (χ3n) is 7.14. The summed E-state index contributed by atoms with van der Waals surface area (Å²) < 4.78 is 22.0. The fourth-order valence-corrected chi connectivity index (χ4v) is 4.29. The van der Waals surface area contributed by atoms with Crippen molar-refractivity contribution in [3.63, 3.8) is 0 Å². The van der Waals surface area contributed by atoms with Crippen LogP contribution in [0, 0.1) is 0 Å². The van der Waals surface area contributed by atoms with Crippen LogP contribution in [0.2, 0.25) is 0 Å². The molecule has 0 amide bonds. The van der Waals surface area contributed by atoms with Gasteiger partial charge in [0.2, 0.25) is 0 Å². The van der Waals surface area contributed by atoms with Crippen LogP contribution < -0.4 is 18.9 Å². The van der Waals surface area contributed by atoms with Crippen molar-refractivity contribution in [3.8, 4) is 23.0 Å².